The molecule has 0 aromatic heterocycles. The van der Waals surface area contributed by atoms with E-state index in [1.807, 2.05) is 0 Å². The molecule has 0 amide bonds. The maximum atomic E-state index is 6.20. The second-order valence-electron chi connectivity index (χ2n) is 6.94. The average Bonchev–Trinajstić information content (AvgIpc) is 2.48. The van der Waals surface area contributed by atoms with Gasteiger partial charge >= 0.3 is 0 Å². The third kappa shape index (κ3) is 3.53. The Morgan fingerprint density at radius 3 is 2.55 bits per heavy atom. The summed E-state index contributed by atoms with van der Waals surface area (Å²) < 4.78 is 11.5. The topological polar surface area (TPSA) is 47.7 Å². The Bertz CT molecular complexity index is 307. The molecule has 2 heterocycles. The van der Waals surface area contributed by atoms with Gasteiger partial charge in [0.15, 0.2) is 0 Å². The summed E-state index contributed by atoms with van der Waals surface area (Å²) >= 11 is 0. The second kappa shape index (κ2) is 6.73. The molecule has 0 bridgehead atoms. The zero-order valence-electron chi connectivity index (χ0n) is 13.5. The van der Waals surface area contributed by atoms with Crippen LogP contribution in [0.2, 0.25) is 0 Å². The number of ether oxygens (including phenoxy) is 2. The van der Waals surface area contributed by atoms with Crippen LogP contribution in [0.1, 0.15) is 46.0 Å². The van der Waals surface area contributed by atoms with E-state index < -0.39 is 0 Å². The van der Waals surface area contributed by atoms with Crippen molar-refractivity contribution in [1.29, 1.82) is 0 Å². The lowest BCUT2D eigenvalue weighted by molar-refractivity contribution is -0.127. The van der Waals surface area contributed by atoms with Gasteiger partial charge in [-0.3, -0.25) is 4.90 Å². The first kappa shape index (κ1) is 16.2. The zero-order valence-corrected chi connectivity index (χ0v) is 13.5. The minimum atomic E-state index is -0.0123. The maximum Gasteiger partial charge on any atom is 0.0670 e. The van der Waals surface area contributed by atoms with Crippen molar-refractivity contribution in [2.75, 3.05) is 40.0 Å². The summed E-state index contributed by atoms with van der Waals surface area (Å²) in [6.07, 6.45) is 5.53. The summed E-state index contributed by atoms with van der Waals surface area (Å²) in [6.45, 7) is 8.99. The summed E-state index contributed by atoms with van der Waals surface area (Å²) in [4.78, 5) is 2.53. The van der Waals surface area contributed by atoms with Crippen molar-refractivity contribution in [2.24, 2.45) is 11.7 Å². The molecule has 0 saturated carbocycles. The molecule has 2 aliphatic heterocycles. The van der Waals surface area contributed by atoms with E-state index in [4.69, 9.17) is 15.2 Å². The number of hydrogen-bond acceptors (Lipinski definition) is 4. The van der Waals surface area contributed by atoms with Crippen LogP contribution in [0.25, 0.3) is 0 Å². The van der Waals surface area contributed by atoms with Gasteiger partial charge in [-0.2, -0.15) is 0 Å². The monoisotopic (exact) mass is 284 g/mol. The van der Waals surface area contributed by atoms with Gasteiger partial charge in [-0.25, -0.2) is 0 Å². The van der Waals surface area contributed by atoms with Crippen LogP contribution in [0, 0.1) is 5.92 Å². The minimum Gasteiger partial charge on any atom is -0.381 e. The van der Waals surface area contributed by atoms with E-state index >= 15 is 0 Å². The fraction of sp³-hybridized carbons (Fsp3) is 1.00. The highest BCUT2D eigenvalue weighted by Gasteiger charge is 2.44. The Balaban J connectivity index is 2.01. The van der Waals surface area contributed by atoms with E-state index in [1.54, 1.807) is 0 Å². The highest BCUT2D eigenvalue weighted by Crippen LogP contribution is 2.38. The molecule has 0 spiro atoms. The minimum absolute atomic E-state index is 0.0123. The molecule has 2 unspecified atom stereocenters. The van der Waals surface area contributed by atoms with Crippen LogP contribution in [-0.4, -0.2) is 56.0 Å². The molecule has 0 aromatic carbocycles. The third-order valence-corrected chi connectivity index (χ3v) is 5.53. The number of nitrogens with zero attached hydrogens (tertiary/aromatic N) is 1. The fourth-order valence-corrected chi connectivity index (χ4v) is 3.72. The van der Waals surface area contributed by atoms with Gasteiger partial charge in [0.1, 0.15) is 0 Å². The molecule has 0 aromatic rings. The van der Waals surface area contributed by atoms with Crippen LogP contribution in [0.5, 0.6) is 0 Å². The number of hydrogen-bond donors (Lipinski definition) is 1. The Morgan fingerprint density at radius 1 is 1.25 bits per heavy atom. The lowest BCUT2D eigenvalue weighted by Gasteiger charge is -2.51. The van der Waals surface area contributed by atoms with Crippen LogP contribution in [0.4, 0.5) is 0 Å². The van der Waals surface area contributed by atoms with Gasteiger partial charge in [-0.05, 0) is 52.0 Å². The molecule has 20 heavy (non-hydrogen) atoms. The maximum absolute atomic E-state index is 6.20. The Morgan fingerprint density at radius 2 is 1.95 bits per heavy atom. The van der Waals surface area contributed by atoms with Crippen molar-refractivity contribution in [1.82, 2.24) is 4.90 Å². The Kier molecular flexibility index (Phi) is 5.46. The summed E-state index contributed by atoms with van der Waals surface area (Å²) in [6, 6.07) is 0. The van der Waals surface area contributed by atoms with Crippen LogP contribution >= 0.6 is 0 Å². The summed E-state index contributed by atoms with van der Waals surface area (Å²) in [5, 5.41) is 0. The van der Waals surface area contributed by atoms with Gasteiger partial charge in [0.2, 0.25) is 0 Å². The van der Waals surface area contributed by atoms with Crippen molar-refractivity contribution in [3.05, 3.63) is 0 Å². The number of nitrogens with two attached hydrogens (primary N) is 1. The average molecular weight is 284 g/mol. The highest BCUT2D eigenvalue weighted by atomic mass is 16.5. The first-order valence-electron chi connectivity index (χ1n) is 8.17. The summed E-state index contributed by atoms with van der Waals surface area (Å²) in [5.41, 5.74) is 6.30. The van der Waals surface area contributed by atoms with Crippen molar-refractivity contribution >= 4 is 0 Å². The molecule has 2 atom stereocenters. The van der Waals surface area contributed by atoms with Gasteiger partial charge < -0.3 is 15.2 Å². The van der Waals surface area contributed by atoms with Crippen molar-refractivity contribution in [3.63, 3.8) is 0 Å². The molecule has 4 heteroatoms. The smallest absolute Gasteiger partial charge is 0.0670 e. The largest absolute Gasteiger partial charge is 0.381 e. The fourth-order valence-electron chi connectivity index (χ4n) is 3.72. The number of likely N-dealkylation sites (N-methyl/N-ethyl adjacent to an activating group) is 1. The lowest BCUT2D eigenvalue weighted by Crippen LogP contribution is -2.60. The van der Waals surface area contributed by atoms with E-state index in [1.165, 1.54) is 12.8 Å². The van der Waals surface area contributed by atoms with E-state index in [2.05, 4.69) is 25.8 Å². The predicted octanol–water partition coefficient (Wildman–Crippen LogP) is 2.02. The van der Waals surface area contributed by atoms with Crippen molar-refractivity contribution < 1.29 is 9.47 Å². The molecule has 0 radical (unpaired) electrons. The van der Waals surface area contributed by atoms with Gasteiger partial charge in [-0.1, -0.05) is 6.92 Å². The van der Waals surface area contributed by atoms with Crippen LogP contribution < -0.4 is 5.73 Å². The first-order chi connectivity index (χ1) is 9.53. The Hall–Kier alpha value is -0.160. The highest BCUT2D eigenvalue weighted by molar-refractivity contribution is 5.00. The van der Waals surface area contributed by atoms with Gasteiger partial charge in [0, 0.05) is 38.4 Å². The quantitative estimate of drug-likeness (QED) is 0.839. The molecule has 2 aliphatic rings. The third-order valence-electron chi connectivity index (χ3n) is 5.53. The Labute approximate surface area is 124 Å². The molecule has 118 valence electrons. The van der Waals surface area contributed by atoms with Crippen LogP contribution in [0.15, 0.2) is 0 Å². The zero-order chi connectivity index (χ0) is 14.6. The van der Waals surface area contributed by atoms with Crippen molar-refractivity contribution in [2.45, 2.75) is 57.1 Å². The van der Waals surface area contributed by atoms with Gasteiger partial charge in [0.05, 0.1) is 5.60 Å². The molecular weight excluding hydrogens is 252 g/mol. The van der Waals surface area contributed by atoms with Crippen molar-refractivity contribution in [3.8, 4) is 0 Å². The van der Waals surface area contributed by atoms with E-state index in [-0.39, 0.29) is 11.1 Å². The van der Waals surface area contributed by atoms with Gasteiger partial charge in [0.25, 0.3) is 0 Å². The van der Waals surface area contributed by atoms with E-state index in [0.717, 1.165) is 58.1 Å². The molecule has 2 N–H and O–H groups in total. The normalized spacial score (nSPS) is 36.5. The van der Waals surface area contributed by atoms with Crippen LogP contribution in [-0.2, 0) is 9.47 Å². The molecule has 4 nitrogen and oxygen atoms in total. The van der Waals surface area contributed by atoms with Crippen LogP contribution in [0.3, 0.4) is 0 Å². The number of rotatable bonds is 5. The first-order valence-corrected chi connectivity index (χ1v) is 8.17. The molecule has 2 rings (SSSR count). The summed E-state index contributed by atoms with van der Waals surface area (Å²) in [7, 11) is 2.25. The second-order valence-corrected chi connectivity index (χ2v) is 6.94. The summed E-state index contributed by atoms with van der Waals surface area (Å²) in [5.74, 6) is 0.757. The lowest BCUT2D eigenvalue weighted by atomic mass is 9.77. The van der Waals surface area contributed by atoms with E-state index in [0.29, 0.717) is 0 Å². The molecule has 2 saturated heterocycles. The molecule has 0 aliphatic carbocycles. The van der Waals surface area contributed by atoms with Gasteiger partial charge in [-0.15, -0.1) is 0 Å². The molecule has 2 fully saturated rings. The van der Waals surface area contributed by atoms with E-state index in [9.17, 15) is 0 Å². The SMILES string of the molecule is CCC1(C)CC(CN)(N(C)CC2CCOCC2)CCO1. The molecular formula is C16H32N2O2. The predicted molar refractivity (Wildman–Crippen MR) is 81.8 cm³/mol. The standard InChI is InChI=1S/C16H32N2O2/c1-4-15(2)12-16(13-17,7-10-20-15)18(3)11-14-5-8-19-9-6-14/h14H,4-13,17H2,1-3H3.